The number of methoxy groups -OCH3 is 2. The van der Waals surface area contributed by atoms with Crippen LogP contribution in [0, 0.1) is 0 Å². The Morgan fingerprint density at radius 2 is 1.59 bits per heavy atom. The summed E-state index contributed by atoms with van der Waals surface area (Å²) >= 11 is 0. The maximum atomic E-state index is 12.9. The zero-order valence-electron chi connectivity index (χ0n) is 21.4. The van der Waals surface area contributed by atoms with Crippen molar-refractivity contribution < 1.29 is 14.6 Å². The van der Waals surface area contributed by atoms with Gasteiger partial charge in [-0.15, -0.1) is 0 Å². The van der Waals surface area contributed by atoms with Crippen LogP contribution in [0.5, 0.6) is 11.6 Å². The minimum absolute atomic E-state index is 0.453. The Hall–Kier alpha value is -3.93. The third-order valence-electron chi connectivity index (χ3n) is 7.14. The van der Waals surface area contributed by atoms with Crippen molar-refractivity contribution >= 4 is 21.7 Å². The number of pyridine rings is 1. The molecule has 0 saturated heterocycles. The number of hydrogen-bond donors (Lipinski definition) is 2. The lowest BCUT2D eigenvalue weighted by Gasteiger charge is -2.39. The molecule has 5 nitrogen and oxygen atoms in total. The molecule has 0 amide bonds. The standard InChI is InChI=1S/C32H32N2O3/c1-33-19-18-32(35,28-15-9-13-22-10-7-8-14-26(22)28)30(23-11-5-4-6-12-23)27-21-24-20-25(36-2)16-17-29(24)34-31(27)37-3/h4-17,20-21,30,33,35H,18-19H2,1-3H3/t30-,32-/m1/s1. The van der Waals surface area contributed by atoms with Gasteiger partial charge in [-0.25, -0.2) is 4.98 Å². The van der Waals surface area contributed by atoms with Gasteiger partial charge in [-0.2, -0.15) is 0 Å². The molecule has 2 atom stereocenters. The number of ether oxygens (including phenoxy) is 2. The van der Waals surface area contributed by atoms with E-state index in [1.165, 1.54) is 0 Å². The molecule has 0 saturated carbocycles. The highest BCUT2D eigenvalue weighted by Gasteiger charge is 2.42. The summed E-state index contributed by atoms with van der Waals surface area (Å²) in [5.41, 5.74) is 2.21. The largest absolute Gasteiger partial charge is 0.497 e. The van der Waals surface area contributed by atoms with Crippen molar-refractivity contribution in [3.8, 4) is 11.6 Å². The van der Waals surface area contributed by atoms with Crippen LogP contribution in [0.2, 0.25) is 0 Å². The van der Waals surface area contributed by atoms with E-state index in [9.17, 15) is 5.11 Å². The molecule has 0 aliphatic heterocycles. The van der Waals surface area contributed by atoms with Gasteiger partial charge in [-0.3, -0.25) is 0 Å². The number of nitrogens with zero attached hydrogens (tertiary/aromatic N) is 1. The molecule has 4 aromatic carbocycles. The molecule has 188 valence electrons. The minimum Gasteiger partial charge on any atom is -0.497 e. The molecule has 1 heterocycles. The average molecular weight is 493 g/mol. The van der Waals surface area contributed by atoms with Gasteiger partial charge in [-0.05, 0) is 66.2 Å². The zero-order chi connectivity index (χ0) is 25.8. The van der Waals surface area contributed by atoms with Crippen LogP contribution < -0.4 is 14.8 Å². The lowest BCUT2D eigenvalue weighted by Crippen LogP contribution is -2.37. The molecule has 5 heteroatoms. The Morgan fingerprint density at radius 1 is 0.838 bits per heavy atom. The predicted molar refractivity (Wildman–Crippen MR) is 150 cm³/mol. The molecular weight excluding hydrogens is 460 g/mol. The van der Waals surface area contributed by atoms with Crippen LogP contribution in [0.3, 0.4) is 0 Å². The Morgan fingerprint density at radius 3 is 2.35 bits per heavy atom. The van der Waals surface area contributed by atoms with Crippen LogP contribution in [0.25, 0.3) is 21.7 Å². The van der Waals surface area contributed by atoms with E-state index in [4.69, 9.17) is 14.5 Å². The van der Waals surface area contributed by atoms with Crippen LogP contribution in [0.4, 0.5) is 0 Å². The second kappa shape index (κ2) is 10.6. The number of fused-ring (bicyclic) bond motifs is 2. The highest BCUT2D eigenvalue weighted by molar-refractivity contribution is 5.87. The molecule has 0 aliphatic rings. The topological polar surface area (TPSA) is 63.6 Å². The van der Waals surface area contributed by atoms with E-state index < -0.39 is 11.5 Å². The molecule has 0 bridgehead atoms. The van der Waals surface area contributed by atoms with E-state index in [0.29, 0.717) is 18.8 Å². The van der Waals surface area contributed by atoms with E-state index >= 15 is 0 Å². The Kier molecular flexibility index (Phi) is 7.08. The summed E-state index contributed by atoms with van der Waals surface area (Å²) in [6, 6.07) is 32.4. The molecule has 0 spiro atoms. The maximum absolute atomic E-state index is 12.9. The summed E-state index contributed by atoms with van der Waals surface area (Å²) in [6.07, 6.45) is 0.483. The van der Waals surface area contributed by atoms with Gasteiger partial charge in [0.2, 0.25) is 5.88 Å². The smallest absolute Gasteiger partial charge is 0.217 e. The van der Waals surface area contributed by atoms with E-state index in [-0.39, 0.29) is 0 Å². The van der Waals surface area contributed by atoms with Gasteiger partial charge in [0, 0.05) is 16.9 Å². The lowest BCUT2D eigenvalue weighted by molar-refractivity contribution is 0.0118. The van der Waals surface area contributed by atoms with Crippen molar-refractivity contribution in [1.29, 1.82) is 0 Å². The highest BCUT2D eigenvalue weighted by atomic mass is 16.5. The average Bonchev–Trinajstić information content (AvgIpc) is 2.95. The van der Waals surface area contributed by atoms with Crippen LogP contribution >= 0.6 is 0 Å². The van der Waals surface area contributed by atoms with Crippen molar-refractivity contribution in [3.63, 3.8) is 0 Å². The van der Waals surface area contributed by atoms with Crippen LogP contribution in [-0.2, 0) is 5.60 Å². The Bertz CT molecular complexity index is 1510. The fourth-order valence-corrected chi connectivity index (χ4v) is 5.36. The first-order valence-corrected chi connectivity index (χ1v) is 12.5. The van der Waals surface area contributed by atoms with Crippen LogP contribution in [-0.4, -0.2) is 37.9 Å². The van der Waals surface area contributed by atoms with Crippen LogP contribution in [0.15, 0.2) is 97.1 Å². The molecule has 0 aliphatic carbocycles. The SMILES string of the molecule is CNCC[C@@](O)(c1cccc2ccccc12)[C@H](c1ccccc1)c1cc2cc(OC)ccc2nc1OC. The fourth-order valence-electron chi connectivity index (χ4n) is 5.36. The van der Waals surface area contributed by atoms with E-state index in [2.05, 4.69) is 41.7 Å². The number of rotatable bonds is 9. The van der Waals surface area contributed by atoms with Gasteiger partial charge in [0.15, 0.2) is 0 Å². The highest BCUT2D eigenvalue weighted by Crippen LogP contribution is 2.48. The molecule has 0 radical (unpaired) electrons. The number of aliphatic hydroxyl groups is 1. The first-order chi connectivity index (χ1) is 18.1. The lowest BCUT2D eigenvalue weighted by atomic mass is 9.70. The van der Waals surface area contributed by atoms with Gasteiger partial charge >= 0.3 is 0 Å². The van der Waals surface area contributed by atoms with Gasteiger partial charge < -0.3 is 19.9 Å². The minimum atomic E-state index is -1.27. The van der Waals surface area contributed by atoms with E-state index in [0.717, 1.165) is 44.1 Å². The van der Waals surface area contributed by atoms with Gasteiger partial charge in [0.1, 0.15) is 11.4 Å². The quantitative estimate of drug-likeness (QED) is 0.263. The summed E-state index contributed by atoms with van der Waals surface area (Å²) in [6.45, 7) is 0.625. The second-order valence-electron chi connectivity index (χ2n) is 9.29. The molecule has 5 rings (SSSR count). The van der Waals surface area contributed by atoms with E-state index in [1.54, 1.807) is 14.2 Å². The Balaban J connectivity index is 1.83. The monoisotopic (exact) mass is 492 g/mol. The molecule has 5 aromatic rings. The van der Waals surface area contributed by atoms with Gasteiger partial charge in [-0.1, -0.05) is 72.8 Å². The summed E-state index contributed by atoms with van der Waals surface area (Å²) in [4.78, 5) is 4.86. The fraction of sp³-hybridized carbons (Fsp3) is 0.219. The molecule has 37 heavy (non-hydrogen) atoms. The number of aromatic nitrogens is 1. The maximum Gasteiger partial charge on any atom is 0.217 e. The molecule has 2 N–H and O–H groups in total. The second-order valence-corrected chi connectivity index (χ2v) is 9.29. The van der Waals surface area contributed by atoms with E-state index in [1.807, 2.05) is 67.7 Å². The molecular formula is C32H32N2O3. The molecule has 0 unspecified atom stereocenters. The molecule has 1 aromatic heterocycles. The number of nitrogens with one attached hydrogen (secondary N) is 1. The summed E-state index contributed by atoms with van der Waals surface area (Å²) in [5.74, 6) is 0.793. The zero-order valence-corrected chi connectivity index (χ0v) is 21.4. The normalized spacial score (nSPS) is 13.8. The van der Waals surface area contributed by atoms with Crippen molar-refractivity contribution in [1.82, 2.24) is 10.3 Å². The first kappa shape index (κ1) is 24.8. The van der Waals surface area contributed by atoms with Crippen molar-refractivity contribution in [3.05, 3.63) is 114 Å². The third-order valence-corrected chi connectivity index (χ3v) is 7.14. The van der Waals surface area contributed by atoms with Gasteiger partial charge in [0.05, 0.1) is 19.7 Å². The summed E-state index contributed by atoms with van der Waals surface area (Å²) in [5, 5.41) is 19.2. The Labute approximate surface area is 217 Å². The first-order valence-electron chi connectivity index (χ1n) is 12.5. The van der Waals surface area contributed by atoms with Gasteiger partial charge in [0.25, 0.3) is 0 Å². The molecule has 0 fully saturated rings. The summed E-state index contributed by atoms with van der Waals surface area (Å²) in [7, 11) is 5.20. The van der Waals surface area contributed by atoms with Crippen molar-refractivity contribution in [2.45, 2.75) is 17.9 Å². The van der Waals surface area contributed by atoms with Crippen molar-refractivity contribution in [2.75, 3.05) is 27.8 Å². The number of benzene rings is 4. The third kappa shape index (κ3) is 4.64. The van der Waals surface area contributed by atoms with Crippen LogP contribution in [0.1, 0.15) is 29.0 Å². The predicted octanol–water partition coefficient (Wildman–Crippen LogP) is 6.03. The van der Waals surface area contributed by atoms with Crippen molar-refractivity contribution in [2.24, 2.45) is 0 Å². The summed E-state index contributed by atoms with van der Waals surface area (Å²) < 4.78 is 11.4. The number of hydrogen-bond acceptors (Lipinski definition) is 5.